The van der Waals surface area contributed by atoms with Gasteiger partial charge in [0, 0.05) is 24.3 Å². The van der Waals surface area contributed by atoms with E-state index in [1.165, 1.54) is 36.4 Å². The van der Waals surface area contributed by atoms with Crippen molar-refractivity contribution >= 4 is 42.3 Å². The van der Waals surface area contributed by atoms with Crippen LogP contribution in [0.25, 0.3) is 0 Å². The van der Waals surface area contributed by atoms with Crippen molar-refractivity contribution in [3.05, 3.63) is 66.7 Å². The maximum absolute atomic E-state index is 10.6. The van der Waals surface area contributed by atoms with Crippen LogP contribution in [-0.4, -0.2) is 17.5 Å². The molecule has 0 saturated carbocycles. The first-order valence-electron chi connectivity index (χ1n) is 5.91. The standard InChI is InChI=1S/C12H6BCl2N2O6/c14-9-5-7(1-3-11(9)16(18)19)22-13-23-8-2-4-12(17(20)21)10(15)6-8/h1-6H. The number of hydrogen-bond donors (Lipinski definition) is 0. The predicted octanol–water partition coefficient (Wildman–Crippen LogP) is 3.80. The van der Waals surface area contributed by atoms with Crippen LogP contribution in [0.15, 0.2) is 36.4 Å². The van der Waals surface area contributed by atoms with Gasteiger partial charge in [0.25, 0.3) is 11.4 Å². The van der Waals surface area contributed by atoms with E-state index < -0.39 is 9.85 Å². The van der Waals surface area contributed by atoms with E-state index in [-0.39, 0.29) is 32.9 Å². The summed E-state index contributed by atoms with van der Waals surface area (Å²) in [5.41, 5.74) is -0.496. The highest BCUT2D eigenvalue weighted by atomic mass is 35.5. The van der Waals surface area contributed by atoms with Gasteiger partial charge in [-0.15, -0.1) is 0 Å². The number of halogens is 2. The van der Waals surface area contributed by atoms with Crippen LogP contribution in [0.1, 0.15) is 0 Å². The Morgan fingerprint density at radius 3 is 1.52 bits per heavy atom. The minimum Gasteiger partial charge on any atom is -0.526 e. The zero-order valence-electron chi connectivity index (χ0n) is 11.1. The van der Waals surface area contributed by atoms with E-state index >= 15 is 0 Å². The van der Waals surface area contributed by atoms with Gasteiger partial charge >= 0.3 is 7.69 Å². The van der Waals surface area contributed by atoms with Crippen LogP contribution in [0.4, 0.5) is 11.4 Å². The topological polar surface area (TPSA) is 105 Å². The Morgan fingerprint density at radius 2 is 1.22 bits per heavy atom. The number of rotatable bonds is 6. The number of nitro groups is 2. The van der Waals surface area contributed by atoms with Gasteiger partial charge in [-0.3, -0.25) is 20.2 Å². The van der Waals surface area contributed by atoms with Crippen LogP contribution < -0.4 is 9.31 Å². The van der Waals surface area contributed by atoms with E-state index in [2.05, 4.69) is 0 Å². The summed E-state index contributed by atoms with van der Waals surface area (Å²) in [6, 6.07) is 7.56. The number of nitrogens with zero attached hydrogens (tertiary/aromatic N) is 2. The highest BCUT2D eigenvalue weighted by molar-refractivity contribution is 6.33. The molecule has 2 aromatic rings. The molecule has 8 nitrogen and oxygen atoms in total. The van der Waals surface area contributed by atoms with E-state index in [0.29, 0.717) is 0 Å². The molecule has 0 heterocycles. The van der Waals surface area contributed by atoms with Gasteiger partial charge in [-0.2, -0.15) is 0 Å². The van der Waals surface area contributed by atoms with Gasteiger partial charge in [0.15, 0.2) is 0 Å². The Bertz CT molecular complexity index is 710. The van der Waals surface area contributed by atoms with Gasteiger partial charge < -0.3 is 9.31 Å². The fourth-order valence-corrected chi connectivity index (χ4v) is 2.03. The lowest BCUT2D eigenvalue weighted by atomic mass is 10.2. The van der Waals surface area contributed by atoms with Crippen LogP contribution in [0.2, 0.25) is 10.0 Å². The number of benzene rings is 2. The molecule has 0 unspecified atom stereocenters. The summed E-state index contributed by atoms with van der Waals surface area (Å²) < 4.78 is 10.2. The second kappa shape index (κ2) is 7.16. The zero-order valence-corrected chi connectivity index (χ0v) is 12.7. The molecule has 0 saturated heterocycles. The molecule has 11 heteroatoms. The molecule has 1 radical (unpaired) electrons. The molecule has 0 amide bonds. The first-order valence-corrected chi connectivity index (χ1v) is 6.67. The molecule has 0 fully saturated rings. The van der Waals surface area contributed by atoms with Gasteiger partial charge in [0.05, 0.1) is 9.85 Å². The minimum absolute atomic E-state index is 0.0840. The maximum atomic E-state index is 10.6. The van der Waals surface area contributed by atoms with Crippen LogP contribution >= 0.6 is 23.2 Å². The van der Waals surface area contributed by atoms with Crippen LogP contribution in [0, 0.1) is 20.2 Å². The predicted molar refractivity (Wildman–Crippen MR) is 83.2 cm³/mol. The Hall–Kier alpha value is -2.52. The van der Waals surface area contributed by atoms with Crippen molar-refractivity contribution in [1.82, 2.24) is 0 Å². The average Bonchev–Trinajstić information content (AvgIpc) is 2.46. The Morgan fingerprint density at radius 1 is 0.826 bits per heavy atom. The van der Waals surface area contributed by atoms with Crippen LogP contribution in [0.5, 0.6) is 11.5 Å². The van der Waals surface area contributed by atoms with E-state index in [9.17, 15) is 20.2 Å². The Kier molecular flexibility index (Phi) is 5.25. The van der Waals surface area contributed by atoms with Crippen molar-refractivity contribution in [2.24, 2.45) is 0 Å². The molecular formula is C12H6BCl2N2O6. The highest BCUT2D eigenvalue weighted by Crippen LogP contribution is 2.29. The zero-order chi connectivity index (χ0) is 17.0. The molecule has 0 aliphatic heterocycles. The molecule has 0 aromatic heterocycles. The van der Waals surface area contributed by atoms with E-state index in [4.69, 9.17) is 32.5 Å². The van der Waals surface area contributed by atoms with E-state index in [1.807, 2.05) is 0 Å². The van der Waals surface area contributed by atoms with Gasteiger partial charge in [-0.05, 0) is 12.1 Å². The molecule has 0 atom stereocenters. The van der Waals surface area contributed by atoms with Crippen molar-refractivity contribution in [1.29, 1.82) is 0 Å². The quantitative estimate of drug-likeness (QED) is 0.443. The summed E-state index contributed by atoms with van der Waals surface area (Å²) in [6.07, 6.45) is 0. The highest BCUT2D eigenvalue weighted by Gasteiger charge is 2.15. The third-order valence-electron chi connectivity index (χ3n) is 2.60. The molecule has 0 aliphatic carbocycles. The fraction of sp³-hybridized carbons (Fsp3) is 0. The third kappa shape index (κ3) is 4.24. The molecular weight excluding hydrogens is 350 g/mol. The van der Waals surface area contributed by atoms with E-state index in [1.54, 1.807) is 0 Å². The number of hydrogen-bond acceptors (Lipinski definition) is 6. The van der Waals surface area contributed by atoms with Crippen molar-refractivity contribution in [3.8, 4) is 11.5 Å². The summed E-state index contributed by atoms with van der Waals surface area (Å²) >= 11 is 11.5. The summed E-state index contributed by atoms with van der Waals surface area (Å²) in [4.78, 5) is 20.0. The second-order valence-corrected chi connectivity index (χ2v) is 4.89. The monoisotopic (exact) mass is 355 g/mol. The van der Waals surface area contributed by atoms with Crippen molar-refractivity contribution in [2.45, 2.75) is 0 Å². The first kappa shape index (κ1) is 16.8. The molecule has 23 heavy (non-hydrogen) atoms. The van der Waals surface area contributed by atoms with Crippen LogP contribution in [0.3, 0.4) is 0 Å². The maximum Gasteiger partial charge on any atom is 0.658 e. The Balaban J connectivity index is 1.97. The molecule has 0 spiro atoms. The van der Waals surface area contributed by atoms with E-state index in [0.717, 1.165) is 7.69 Å². The molecule has 117 valence electrons. The largest absolute Gasteiger partial charge is 0.658 e. The summed E-state index contributed by atoms with van der Waals surface area (Å²) in [5.74, 6) is 0.433. The SMILES string of the molecule is O=[N+]([O-])c1ccc(O[B]Oc2ccc([N+](=O)[O-])c(Cl)c2)cc1Cl. The fourth-order valence-electron chi connectivity index (χ4n) is 1.55. The first-order chi connectivity index (χ1) is 10.9. The van der Waals surface area contributed by atoms with Gasteiger partial charge in [-0.25, -0.2) is 0 Å². The Labute approximate surface area is 140 Å². The van der Waals surface area contributed by atoms with Crippen molar-refractivity contribution < 1.29 is 19.2 Å². The minimum atomic E-state index is -0.620. The van der Waals surface area contributed by atoms with Crippen LogP contribution in [-0.2, 0) is 0 Å². The lowest BCUT2D eigenvalue weighted by molar-refractivity contribution is -0.384. The molecule has 0 bridgehead atoms. The van der Waals surface area contributed by atoms with Gasteiger partial charge in [-0.1, -0.05) is 23.2 Å². The number of nitro benzene ring substituents is 2. The third-order valence-corrected chi connectivity index (χ3v) is 3.21. The second-order valence-electron chi connectivity index (χ2n) is 4.07. The molecule has 0 aliphatic rings. The van der Waals surface area contributed by atoms with Gasteiger partial charge in [0.1, 0.15) is 21.5 Å². The van der Waals surface area contributed by atoms with Gasteiger partial charge in [0.2, 0.25) is 0 Å². The van der Waals surface area contributed by atoms with Crippen molar-refractivity contribution in [2.75, 3.05) is 0 Å². The smallest absolute Gasteiger partial charge is 0.526 e. The molecule has 0 N–H and O–H groups in total. The van der Waals surface area contributed by atoms with Crippen molar-refractivity contribution in [3.63, 3.8) is 0 Å². The molecule has 2 rings (SSSR count). The normalized spacial score (nSPS) is 10.0. The summed E-state index contributed by atoms with van der Waals surface area (Å²) in [6.45, 7) is 0. The average molecular weight is 356 g/mol. The summed E-state index contributed by atoms with van der Waals surface area (Å²) in [5, 5.41) is 21.1. The molecule has 2 aromatic carbocycles. The lowest BCUT2D eigenvalue weighted by Gasteiger charge is -2.07. The lowest BCUT2D eigenvalue weighted by Crippen LogP contribution is -2.11. The summed E-state index contributed by atoms with van der Waals surface area (Å²) in [7, 11) is 0.939.